The van der Waals surface area contributed by atoms with Crippen LogP contribution in [0.25, 0.3) is 0 Å². The van der Waals surface area contributed by atoms with Gasteiger partial charge in [-0.1, -0.05) is 15.9 Å². The second-order valence-electron chi connectivity index (χ2n) is 3.83. The molecule has 1 heterocycles. The van der Waals surface area contributed by atoms with E-state index in [9.17, 15) is 4.79 Å². The highest BCUT2D eigenvalue weighted by molar-refractivity contribution is 9.09. The molecule has 1 saturated carbocycles. The van der Waals surface area contributed by atoms with Gasteiger partial charge in [0.25, 0.3) is 5.91 Å². The molecule has 0 aromatic carbocycles. The van der Waals surface area contributed by atoms with Crippen molar-refractivity contribution in [3.8, 4) is 0 Å². The number of rotatable bonds is 3. The van der Waals surface area contributed by atoms with E-state index in [1.165, 1.54) is 0 Å². The molecule has 1 amide bonds. The number of nitrogens with one attached hydrogen (secondary N) is 1. The fourth-order valence-electron chi connectivity index (χ4n) is 1.63. The highest BCUT2D eigenvalue weighted by Gasteiger charge is 2.37. The molecule has 0 radical (unpaired) electrons. The molecule has 2 rings (SSSR count). The summed E-state index contributed by atoms with van der Waals surface area (Å²) in [5.41, 5.74) is -0.0870. The van der Waals surface area contributed by atoms with Gasteiger partial charge < -0.3 is 9.73 Å². The van der Waals surface area contributed by atoms with Crippen molar-refractivity contribution in [2.75, 3.05) is 5.33 Å². The zero-order valence-corrected chi connectivity index (χ0v) is 10.4. The lowest BCUT2D eigenvalue weighted by molar-refractivity contribution is 0.0828. The van der Waals surface area contributed by atoms with Gasteiger partial charge >= 0.3 is 0 Å². The molecule has 3 nitrogen and oxygen atoms in total. The van der Waals surface area contributed by atoms with E-state index in [4.69, 9.17) is 16.0 Å². The highest BCUT2D eigenvalue weighted by atomic mass is 79.9. The van der Waals surface area contributed by atoms with Crippen LogP contribution in [0.4, 0.5) is 0 Å². The van der Waals surface area contributed by atoms with Gasteiger partial charge in [0.2, 0.25) is 0 Å². The van der Waals surface area contributed by atoms with E-state index in [0.29, 0.717) is 0 Å². The second kappa shape index (κ2) is 4.18. The third-order valence-corrected chi connectivity index (χ3v) is 4.02. The summed E-state index contributed by atoms with van der Waals surface area (Å²) in [4.78, 5) is 11.7. The minimum absolute atomic E-state index is 0.0870. The van der Waals surface area contributed by atoms with Crippen molar-refractivity contribution >= 4 is 33.4 Å². The lowest BCUT2D eigenvalue weighted by Crippen LogP contribution is -2.54. The van der Waals surface area contributed by atoms with E-state index < -0.39 is 0 Å². The lowest BCUT2D eigenvalue weighted by atomic mass is 9.78. The van der Waals surface area contributed by atoms with E-state index in [0.717, 1.165) is 24.6 Å². The first-order chi connectivity index (χ1) is 7.15. The van der Waals surface area contributed by atoms with Gasteiger partial charge in [0.1, 0.15) is 0 Å². The van der Waals surface area contributed by atoms with Gasteiger partial charge in [0, 0.05) is 5.33 Å². The third kappa shape index (κ3) is 2.21. The van der Waals surface area contributed by atoms with Crippen molar-refractivity contribution in [2.45, 2.75) is 24.8 Å². The molecule has 0 bridgehead atoms. The van der Waals surface area contributed by atoms with Gasteiger partial charge in [0.05, 0.1) is 5.54 Å². The van der Waals surface area contributed by atoms with E-state index >= 15 is 0 Å². The maximum atomic E-state index is 11.7. The van der Waals surface area contributed by atoms with E-state index in [1.54, 1.807) is 12.1 Å². The average molecular weight is 293 g/mol. The Labute approximate surface area is 101 Å². The number of alkyl halides is 1. The van der Waals surface area contributed by atoms with Crippen molar-refractivity contribution in [3.05, 3.63) is 23.1 Å². The van der Waals surface area contributed by atoms with Crippen LogP contribution in [0.1, 0.15) is 29.8 Å². The third-order valence-electron chi connectivity index (χ3n) is 2.74. The van der Waals surface area contributed by atoms with Crippen molar-refractivity contribution in [1.82, 2.24) is 5.32 Å². The first kappa shape index (κ1) is 11.0. The fraction of sp³-hybridized carbons (Fsp3) is 0.500. The Kier molecular flexibility index (Phi) is 3.07. The Bertz CT molecular complexity index is 368. The summed E-state index contributed by atoms with van der Waals surface area (Å²) in [7, 11) is 0. The lowest BCUT2D eigenvalue weighted by Gasteiger charge is -2.40. The van der Waals surface area contributed by atoms with Crippen LogP contribution in [0.5, 0.6) is 0 Å². The summed E-state index contributed by atoms with van der Waals surface area (Å²) in [6, 6.07) is 3.15. The SMILES string of the molecule is O=C(NC1(CBr)CCC1)c1ccc(Cl)o1. The van der Waals surface area contributed by atoms with Crippen molar-refractivity contribution in [3.63, 3.8) is 0 Å². The number of hydrogen-bond donors (Lipinski definition) is 1. The Morgan fingerprint density at radius 2 is 2.33 bits per heavy atom. The summed E-state index contributed by atoms with van der Waals surface area (Å²) >= 11 is 9.02. The predicted molar refractivity (Wildman–Crippen MR) is 61.6 cm³/mol. The largest absolute Gasteiger partial charge is 0.440 e. The Balaban J connectivity index is 2.03. The number of halogens is 2. The van der Waals surface area contributed by atoms with Gasteiger partial charge in [0.15, 0.2) is 11.0 Å². The topological polar surface area (TPSA) is 42.2 Å². The number of carbonyl (C=O) groups excluding carboxylic acids is 1. The molecular formula is C10H11BrClNO2. The van der Waals surface area contributed by atoms with Gasteiger partial charge in [-0.15, -0.1) is 0 Å². The first-order valence-electron chi connectivity index (χ1n) is 4.79. The molecule has 82 valence electrons. The molecule has 5 heteroatoms. The molecule has 1 aromatic heterocycles. The normalized spacial score (nSPS) is 18.3. The number of carbonyl (C=O) groups is 1. The Morgan fingerprint density at radius 3 is 2.73 bits per heavy atom. The molecule has 0 unspecified atom stereocenters. The van der Waals surface area contributed by atoms with Crippen molar-refractivity contribution in [1.29, 1.82) is 0 Å². The summed E-state index contributed by atoms with van der Waals surface area (Å²) in [5.74, 6) is 0.0771. The average Bonchev–Trinajstić information content (AvgIpc) is 2.58. The van der Waals surface area contributed by atoms with Crippen LogP contribution in [0.3, 0.4) is 0 Å². The van der Waals surface area contributed by atoms with Crippen LogP contribution in [-0.2, 0) is 0 Å². The van der Waals surface area contributed by atoms with Crippen LogP contribution >= 0.6 is 27.5 Å². The molecule has 0 spiro atoms. The van der Waals surface area contributed by atoms with Gasteiger partial charge in [-0.25, -0.2) is 0 Å². The Morgan fingerprint density at radius 1 is 1.60 bits per heavy atom. The summed E-state index contributed by atoms with van der Waals surface area (Å²) in [6.07, 6.45) is 3.18. The standard InChI is InChI=1S/C10H11BrClNO2/c11-6-10(4-1-5-10)13-9(14)7-2-3-8(12)15-7/h2-3H,1,4-6H2,(H,13,14). The van der Waals surface area contributed by atoms with Crippen LogP contribution in [0.15, 0.2) is 16.5 Å². The van der Waals surface area contributed by atoms with E-state index in [-0.39, 0.29) is 22.4 Å². The molecule has 1 aliphatic carbocycles. The highest BCUT2D eigenvalue weighted by Crippen LogP contribution is 2.33. The molecule has 0 saturated heterocycles. The van der Waals surface area contributed by atoms with E-state index in [2.05, 4.69) is 21.2 Å². The van der Waals surface area contributed by atoms with Crippen LogP contribution < -0.4 is 5.32 Å². The van der Waals surface area contributed by atoms with Crippen LogP contribution in [-0.4, -0.2) is 16.8 Å². The van der Waals surface area contributed by atoms with E-state index in [1.807, 2.05) is 0 Å². The molecule has 0 atom stereocenters. The van der Waals surface area contributed by atoms with Gasteiger partial charge in [-0.2, -0.15) is 0 Å². The summed E-state index contributed by atoms with van der Waals surface area (Å²) in [6.45, 7) is 0. The van der Waals surface area contributed by atoms with Gasteiger partial charge in [-0.3, -0.25) is 4.79 Å². The molecule has 15 heavy (non-hydrogen) atoms. The first-order valence-corrected chi connectivity index (χ1v) is 6.29. The van der Waals surface area contributed by atoms with Crippen LogP contribution in [0, 0.1) is 0 Å². The summed E-state index contributed by atoms with van der Waals surface area (Å²) < 4.78 is 5.04. The number of hydrogen-bond acceptors (Lipinski definition) is 2. The smallest absolute Gasteiger partial charge is 0.287 e. The van der Waals surface area contributed by atoms with Gasteiger partial charge in [-0.05, 0) is 43.0 Å². The van der Waals surface area contributed by atoms with Crippen molar-refractivity contribution in [2.24, 2.45) is 0 Å². The molecule has 1 aliphatic rings. The minimum atomic E-state index is -0.193. The Hall–Kier alpha value is -0.480. The maximum absolute atomic E-state index is 11.7. The number of amides is 1. The molecule has 1 fully saturated rings. The summed E-state index contributed by atoms with van der Waals surface area (Å²) in [5, 5.41) is 3.99. The molecule has 1 N–H and O–H groups in total. The predicted octanol–water partition coefficient (Wildman–Crippen LogP) is 2.98. The zero-order chi connectivity index (χ0) is 10.9. The molecule has 0 aliphatic heterocycles. The second-order valence-corrected chi connectivity index (χ2v) is 4.76. The molecular weight excluding hydrogens is 281 g/mol. The van der Waals surface area contributed by atoms with Crippen molar-refractivity contribution < 1.29 is 9.21 Å². The number of furan rings is 1. The quantitative estimate of drug-likeness (QED) is 0.870. The fourth-order valence-corrected chi connectivity index (χ4v) is 2.48. The minimum Gasteiger partial charge on any atom is -0.440 e. The van der Waals surface area contributed by atoms with Crippen LogP contribution in [0.2, 0.25) is 5.22 Å². The zero-order valence-electron chi connectivity index (χ0n) is 8.06. The maximum Gasteiger partial charge on any atom is 0.287 e. The monoisotopic (exact) mass is 291 g/mol. The molecule has 1 aromatic rings.